The summed E-state index contributed by atoms with van der Waals surface area (Å²) in [6.07, 6.45) is -4.85. The molecule has 0 amide bonds. The Morgan fingerprint density at radius 2 is 1.54 bits per heavy atom. The minimum Gasteiger partial charge on any atom is -0.406 e. The van der Waals surface area contributed by atoms with Gasteiger partial charge < -0.3 is 4.74 Å². The average molecular weight is 489 g/mol. The van der Waals surface area contributed by atoms with E-state index in [1.54, 1.807) is 12.1 Å². The van der Waals surface area contributed by atoms with Crippen LogP contribution in [0.2, 0.25) is 0 Å². The maximum atomic E-state index is 12.4. The van der Waals surface area contributed by atoms with Crippen LogP contribution < -0.4 is 9.46 Å². The summed E-state index contributed by atoms with van der Waals surface area (Å²) in [5, 5.41) is 0. The van der Waals surface area contributed by atoms with Gasteiger partial charge in [0, 0.05) is 8.95 Å². The molecule has 0 saturated heterocycles. The zero-order chi connectivity index (χ0) is 18.1. The van der Waals surface area contributed by atoms with Crippen molar-refractivity contribution in [2.75, 3.05) is 4.72 Å². The standard InChI is InChI=1S/C14H10Br2F3NO3S/c1-8-2-4-10(5-3-8)24(21,22)20-13-11(15)6-9(7-12(13)16)23-14(17,18)19/h2-7,20H,1H3. The molecule has 1 N–H and O–H groups in total. The lowest BCUT2D eigenvalue weighted by Gasteiger charge is -2.15. The molecule has 0 radical (unpaired) electrons. The lowest BCUT2D eigenvalue weighted by molar-refractivity contribution is -0.274. The van der Waals surface area contributed by atoms with Gasteiger partial charge in [-0.2, -0.15) is 0 Å². The fraction of sp³-hybridized carbons (Fsp3) is 0.143. The molecule has 0 aliphatic rings. The van der Waals surface area contributed by atoms with Gasteiger partial charge in [-0.15, -0.1) is 13.2 Å². The van der Waals surface area contributed by atoms with E-state index in [2.05, 4.69) is 41.3 Å². The maximum absolute atomic E-state index is 12.4. The van der Waals surface area contributed by atoms with Crippen molar-refractivity contribution in [2.24, 2.45) is 0 Å². The van der Waals surface area contributed by atoms with Gasteiger partial charge in [-0.25, -0.2) is 8.42 Å². The first-order valence-corrected chi connectivity index (χ1v) is 9.39. The molecule has 0 saturated carbocycles. The van der Waals surface area contributed by atoms with Crippen molar-refractivity contribution in [3.63, 3.8) is 0 Å². The van der Waals surface area contributed by atoms with Crippen molar-refractivity contribution in [1.82, 2.24) is 0 Å². The normalized spacial score (nSPS) is 12.1. The van der Waals surface area contributed by atoms with Crippen molar-refractivity contribution in [2.45, 2.75) is 18.2 Å². The Kier molecular flexibility index (Phi) is 5.50. The van der Waals surface area contributed by atoms with E-state index in [-0.39, 0.29) is 19.5 Å². The van der Waals surface area contributed by atoms with E-state index in [0.29, 0.717) is 0 Å². The third-order valence-corrected chi connectivity index (χ3v) is 5.43. The number of nitrogens with one attached hydrogen (secondary N) is 1. The minimum atomic E-state index is -4.85. The number of sulfonamides is 1. The number of anilines is 1. The second-order valence-corrected chi connectivity index (χ2v) is 8.12. The second kappa shape index (κ2) is 6.93. The molecule has 10 heteroatoms. The van der Waals surface area contributed by atoms with Gasteiger partial charge in [-0.05, 0) is 63.0 Å². The Labute approximate surface area is 153 Å². The predicted octanol–water partition coefficient (Wildman–Crippen LogP) is 5.22. The number of hydrogen-bond acceptors (Lipinski definition) is 3. The Bertz CT molecular complexity index is 830. The molecule has 130 valence electrons. The van der Waals surface area contributed by atoms with Crippen LogP contribution in [0.15, 0.2) is 50.2 Å². The zero-order valence-electron chi connectivity index (χ0n) is 12.0. The van der Waals surface area contributed by atoms with Crippen molar-refractivity contribution < 1.29 is 26.3 Å². The molecule has 0 aliphatic heterocycles. The highest BCUT2D eigenvalue weighted by Gasteiger charge is 2.31. The van der Waals surface area contributed by atoms with E-state index >= 15 is 0 Å². The molecule has 24 heavy (non-hydrogen) atoms. The van der Waals surface area contributed by atoms with Crippen LogP contribution in [0.4, 0.5) is 18.9 Å². The number of ether oxygens (including phenoxy) is 1. The van der Waals surface area contributed by atoms with E-state index in [0.717, 1.165) is 17.7 Å². The van der Waals surface area contributed by atoms with E-state index in [9.17, 15) is 21.6 Å². The van der Waals surface area contributed by atoms with Crippen LogP contribution in [0.1, 0.15) is 5.56 Å². The Hall–Kier alpha value is -1.26. The van der Waals surface area contributed by atoms with Crippen LogP contribution >= 0.6 is 31.9 Å². The SMILES string of the molecule is Cc1ccc(S(=O)(=O)Nc2c(Br)cc(OC(F)(F)F)cc2Br)cc1. The molecule has 0 bridgehead atoms. The summed E-state index contributed by atoms with van der Waals surface area (Å²) in [4.78, 5) is 0.0301. The summed E-state index contributed by atoms with van der Waals surface area (Å²) in [7, 11) is -3.90. The van der Waals surface area contributed by atoms with E-state index < -0.39 is 22.1 Å². The highest BCUT2D eigenvalue weighted by atomic mass is 79.9. The topological polar surface area (TPSA) is 55.4 Å². The van der Waals surface area contributed by atoms with Gasteiger partial charge >= 0.3 is 6.36 Å². The van der Waals surface area contributed by atoms with Gasteiger partial charge in [0.25, 0.3) is 10.0 Å². The van der Waals surface area contributed by atoms with Crippen LogP contribution in [0.25, 0.3) is 0 Å². The number of alkyl halides is 3. The average Bonchev–Trinajstić information content (AvgIpc) is 2.41. The monoisotopic (exact) mass is 487 g/mol. The summed E-state index contributed by atoms with van der Waals surface area (Å²) in [6.45, 7) is 1.82. The molecule has 2 aromatic carbocycles. The Balaban J connectivity index is 2.34. The van der Waals surface area contributed by atoms with E-state index in [4.69, 9.17) is 0 Å². The van der Waals surface area contributed by atoms with Crippen molar-refractivity contribution in [3.05, 3.63) is 50.9 Å². The van der Waals surface area contributed by atoms with Crippen molar-refractivity contribution in [1.29, 1.82) is 0 Å². The molecule has 0 aliphatic carbocycles. The molecule has 2 rings (SSSR count). The highest BCUT2D eigenvalue weighted by Crippen LogP contribution is 2.38. The summed E-state index contributed by atoms with van der Waals surface area (Å²) >= 11 is 6.08. The van der Waals surface area contributed by atoms with Crippen LogP contribution in [0, 0.1) is 6.92 Å². The quantitative estimate of drug-likeness (QED) is 0.641. The lowest BCUT2D eigenvalue weighted by Crippen LogP contribution is -2.17. The summed E-state index contributed by atoms with van der Waals surface area (Å²) < 4.78 is 67.8. The minimum absolute atomic E-state index is 0.0301. The Morgan fingerprint density at radius 3 is 2.00 bits per heavy atom. The number of aryl methyl sites for hydroxylation is 1. The van der Waals surface area contributed by atoms with Gasteiger partial charge in [0.15, 0.2) is 0 Å². The van der Waals surface area contributed by atoms with Gasteiger partial charge in [0.2, 0.25) is 0 Å². The van der Waals surface area contributed by atoms with E-state index in [1.807, 2.05) is 6.92 Å². The fourth-order valence-corrected chi connectivity index (χ4v) is 4.46. The molecular formula is C14H10Br2F3NO3S. The van der Waals surface area contributed by atoms with Gasteiger partial charge in [0.1, 0.15) is 5.75 Å². The number of benzene rings is 2. The Morgan fingerprint density at radius 1 is 1.04 bits per heavy atom. The van der Waals surface area contributed by atoms with Crippen LogP contribution in [-0.2, 0) is 10.0 Å². The molecule has 0 aromatic heterocycles. The molecule has 0 atom stereocenters. The second-order valence-electron chi connectivity index (χ2n) is 4.73. The molecule has 2 aromatic rings. The van der Waals surface area contributed by atoms with Gasteiger partial charge in [-0.1, -0.05) is 17.7 Å². The van der Waals surface area contributed by atoms with Crippen LogP contribution in [-0.4, -0.2) is 14.8 Å². The van der Waals surface area contributed by atoms with Crippen molar-refractivity contribution >= 4 is 47.6 Å². The number of halogens is 5. The first-order valence-electron chi connectivity index (χ1n) is 6.32. The largest absolute Gasteiger partial charge is 0.573 e. The maximum Gasteiger partial charge on any atom is 0.573 e. The first kappa shape index (κ1) is 19.1. The van der Waals surface area contributed by atoms with E-state index in [1.165, 1.54) is 12.1 Å². The summed E-state index contributed by atoms with van der Waals surface area (Å²) in [5.41, 5.74) is 0.954. The third kappa shape index (κ3) is 4.87. The van der Waals surface area contributed by atoms with Gasteiger partial charge in [-0.3, -0.25) is 4.72 Å². The highest BCUT2D eigenvalue weighted by molar-refractivity contribution is 9.11. The molecule has 0 unspecified atom stereocenters. The first-order chi connectivity index (χ1) is 11.0. The smallest absolute Gasteiger partial charge is 0.406 e. The number of rotatable bonds is 4. The molecule has 0 fully saturated rings. The van der Waals surface area contributed by atoms with Crippen LogP contribution in [0.5, 0.6) is 5.75 Å². The lowest BCUT2D eigenvalue weighted by atomic mass is 10.2. The summed E-state index contributed by atoms with van der Waals surface area (Å²) in [5.74, 6) is -0.487. The molecule has 0 heterocycles. The fourth-order valence-electron chi connectivity index (χ4n) is 1.75. The van der Waals surface area contributed by atoms with Gasteiger partial charge in [0.05, 0.1) is 10.6 Å². The number of hydrogen-bond donors (Lipinski definition) is 1. The summed E-state index contributed by atoms with van der Waals surface area (Å²) in [6, 6.07) is 8.18. The predicted molar refractivity (Wildman–Crippen MR) is 90.5 cm³/mol. The van der Waals surface area contributed by atoms with Crippen molar-refractivity contribution in [3.8, 4) is 5.75 Å². The van der Waals surface area contributed by atoms with Crippen LogP contribution in [0.3, 0.4) is 0 Å². The molecule has 4 nitrogen and oxygen atoms in total. The zero-order valence-corrected chi connectivity index (χ0v) is 16.0. The molecular weight excluding hydrogens is 479 g/mol. The molecule has 0 spiro atoms. The third-order valence-electron chi connectivity index (χ3n) is 2.82.